The van der Waals surface area contributed by atoms with Crippen molar-refractivity contribution in [1.82, 2.24) is 0 Å². The van der Waals surface area contributed by atoms with Gasteiger partial charge in [-0.2, -0.15) is 0 Å². The van der Waals surface area contributed by atoms with Crippen LogP contribution in [0.5, 0.6) is 5.75 Å². The second-order valence-electron chi connectivity index (χ2n) is 6.93. The number of hydrogen-bond acceptors (Lipinski definition) is 3. The summed E-state index contributed by atoms with van der Waals surface area (Å²) in [6.07, 6.45) is 1.33. The minimum atomic E-state index is -0.591. The SMILES string of the molecule is Cc1ccc2c(c1)N(CC(=O)N1CCCc3ccccc31)C(=O)[C@@H](C)O2. The van der Waals surface area contributed by atoms with Gasteiger partial charge < -0.3 is 9.64 Å². The number of aryl methyl sites for hydroxylation is 2. The van der Waals surface area contributed by atoms with Crippen LogP contribution in [0.4, 0.5) is 11.4 Å². The maximum atomic E-state index is 13.1. The third-order valence-corrected chi connectivity index (χ3v) is 5.03. The van der Waals surface area contributed by atoms with Crippen LogP contribution in [0.3, 0.4) is 0 Å². The Balaban J connectivity index is 1.64. The van der Waals surface area contributed by atoms with Crippen molar-refractivity contribution in [3.63, 3.8) is 0 Å². The molecule has 2 aliphatic heterocycles. The van der Waals surface area contributed by atoms with Crippen molar-refractivity contribution in [2.24, 2.45) is 0 Å². The van der Waals surface area contributed by atoms with E-state index >= 15 is 0 Å². The highest BCUT2D eigenvalue weighted by Crippen LogP contribution is 2.35. The van der Waals surface area contributed by atoms with Gasteiger partial charge in [0.1, 0.15) is 12.3 Å². The molecule has 0 saturated heterocycles. The summed E-state index contributed by atoms with van der Waals surface area (Å²) >= 11 is 0. The monoisotopic (exact) mass is 350 g/mol. The lowest BCUT2D eigenvalue weighted by atomic mass is 10.0. The Morgan fingerprint density at radius 2 is 2.00 bits per heavy atom. The van der Waals surface area contributed by atoms with E-state index in [2.05, 4.69) is 6.07 Å². The number of benzene rings is 2. The largest absolute Gasteiger partial charge is 0.479 e. The molecule has 4 rings (SSSR count). The number of rotatable bonds is 2. The maximum Gasteiger partial charge on any atom is 0.268 e. The number of amides is 2. The number of fused-ring (bicyclic) bond motifs is 2. The lowest BCUT2D eigenvalue weighted by molar-refractivity contribution is -0.127. The lowest BCUT2D eigenvalue weighted by Crippen LogP contribution is -2.50. The summed E-state index contributed by atoms with van der Waals surface area (Å²) < 4.78 is 5.70. The van der Waals surface area contributed by atoms with Gasteiger partial charge in [-0.15, -0.1) is 0 Å². The van der Waals surface area contributed by atoms with Gasteiger partial charge in [0, 0.05) is 12.2 Å². The first-order valence-corrected chi connectivity index (χ1v) is 9.01. The van der Waals surface area contributed by atoms with Gasteiger partial charge in [0.05, 0.1) is 5.69 Å². The van der Waals surface area contributed by atoms with Crippen molar-refractivity contribution in [3.05, 3.63) is 53.6 Å². The molecular formula is C21H22N2O3. The molecule has 0 aromatic heterocycles. The fraction of sp³-hybridized carbons (Fsp3) is 0.333. The van der Waals surface area contributed by atoms with Crippen molar-refractivity contribution in [2.75, 3.05) is 22.9 Å². The summed E-state index contributed by atoms with van der Waals surface area (Å²) in [6.45, 7) is 4.39. The summed E-state index contributed by atoms with van der Waals surface area (Å²) in [5, 5.41) is 0. The van der Waals surface area contributed by atoms with E-state index < -0.39 is 6.10 Å². The van der Waals surface area contributed by atoms with Crippen LogP contribution in [0.2, 0.25) is 0 Å². The predicted molar refractivity (Wildman–Crippen MR) is 101 cm³/mol. The zero-order valence-electron chi connectivity index (χ0n) is 15.1. The van der Waals surface area contributed by atoms with Crippen LogP contribution in [-0.2, 0) is 16.0 Å². The number of carbonyl (C=O) groups is 2. The van der Waals surface area contributed by atoms with Crippen molar-refractivity contribution in [1.29, 1.82) is 0 Å². The average Bonchev–Trinajstić information content (AvgIpc) is 2.65. The van der Waals surface area contributed by atoms with Gasteiger partial charge in [0.15, 0.2) is 6.10 Å². The second kappa shape index (κ2) is 6.48. The van der Waals surface area contributed by atoms with E-state index in [4.69, 9.17) is 4.74 Å². The Morgan fingerprint density at radius 1 is 1.19 bits per heavy atom. The first kappa shape index (κ1) is 16.6. The normalized spacial score (nSPS) is 18.8. The first-order valence-electron chi connectivity index (χ1n) is 9.01. The van der Waals surface area contributed by atoms with Crippen LogP contribution in [0.1, 0.15) is 24.5 Å². The lowest BCUT2D eigenvalue weighted by Gasteiger charge is -2.35. The van der Waals surface area contributed by atoms with Crippen molar-refractivity contribution in [3.8, 4) is 5.75 Å². The van der Waals surface area contributed by atoms with Gasteiger partial charge in [0.2, 0.25) is 5.91 Å². The summed E-state index contributed by atoms with van der Waals surface area (Å²) in [7, 11) is 0. The molecule has 2 aliphatic rings. The maximum absolute atomic E-state index is 13.1. The third kappa shape index (κ3) is 2.83. The molecule has 0 saturated carbocycles. The average molecular weight is 350 g/mol. The van der Waals surface area contributed by atoms with E-state index in [1.807, 2.05) is 48.2 Å². The highest BCUT2D eigenvalue weighted by Gasteiger charge is 2.34. The topological polar surface area (TPSA) is 49.9 Å². The molecule has 0 aliphatic carbocycles. The molecule has 0 spiro atoms. The molecule has 0 N–H and O–H groups in total. The van der Waals surface area contributed by atoms with Gasteiger partial charge >= 0.3 is 0 Å². The van der Waals surface area contributed by atoms with Crippen LogP contribution in [0.15, 0.2) is 42.5 Å². The fourth-order valence-corrected chi connectivity index (χ4v) is 3.69. The molecule has 0 radical (unpaired) electrons. The van der Waals surface area contributed by atoms with E-state index in [1.165, 1.54) is 5.56 Å². The zero-order valence-corrected chi connectivity index (χ0v) is 15.1. The highest BCUT2D eigenvalue weighted by molar-refractivity contribution is 6.07. The second-order valence-corrected chi connectivity index (χ2v) is 6.93. The third-order valence-electron chi connectivity index (χ3n) is 5.03. The summed E-state index contributed by atoms with van der Waals surface area (Å²) in [6, 6.07) is 13.7. The van der Waals surface area contributed by atoms with E-state index in [0.717, 1.165) is 24.1 Å². The zero-order chi connectivity index (χ0) is 18.3. The van der Waals surface area contributed by atoms with E-state index in [-0.39, 0.29) is 18.4 Å². The fourth-order valence-electron chi connectivity index (χ4n) is 3.69. The van der Waals surface area contributed by atoms with Crippen LogP contribution < -0.4 is 14.5 Å². The van der Waals surface area contributed by atoms with Crippen LogP contribution >= 0.6 is 0 Å². The molecule has 0 fully saturated rings. The van der Waals surface area contributed by atoms with E-state index in [1.54, 1.807) is 11.8 Å². The van der Waals surface area contributed by atoms with Crippen LogP contribution in [0.25, 0.3) is 0 Å². The molecule has 2 aromatic carbocycles. The summed E-state index contributed by atoms with van der Waals surface area (Å²) in [5.41, 5.74) is 3.84. The van der Waals surface area contributed by atoms with Crippen molar-refractivity contribution >= 4 is 23.2 Å². The van der Waals surface area contributed by atoms with Gasteiger partial charge in [-0.25, -0.2) is 0 Å². The molecule has 1 atom stereocenters. The van der Waals surface area contributed by atoms with Gasteiger partial charge in [-0.1, -0.05) is 24.3 Å². The molecule has 5 nitrogen and oxygen atoms in total. The number of para-hydroxylation sites is 1. The van der Waals surface area contributed by atoms with Gasteiger partial charge in [0.25, 0.3) is 5.91 Å². The molecule has 5 heteroatoms. The number of ether oxygens (including phenoxy) is 1. The molecule has 134 valence electrons. The smallest absolute Gasteiger partial charge is 0.268 e. The summed E-state index contributed by atoms with van der Waals surface area (Å²) in [4.78, 5) is 29.1. The Labute approximate surface area is 153 Å². The molecule has 2 amide bonds. The quantitative estimate of drug-likeness (QED) is 0.836. The van der Waals surface area contributed by atoms with Crippen LogP contribution in [0, 0.1) is 6.92 Å². The number of hydrogen-bond donors (Lipinski definition) is 0. The minimum absolute atomic E-state index is 0.0251. The number of carbonyl (C=O) groups excluding carboxylic acids is 2. The molecule has 26 heavy (non-hydrogen) atoms. The minimum Gasteiger partial charge on any atom is -0.479 e. The number of anilines is 2. The Hall–Kier alpha value is -2.82. The Morgan fingerprint density at radius 3 is 2.85 bits per heavy atom. The Bertz CT molecular complexity index is 877. The van der Waals surface area contributed by atoms with E-state index in [9.17, 15) is 9.59 Å². The van der Waals surface area contributed by atoms with Gasteiger partial charge in [-0.05, 0) is 56.0 Å². The molecular weight excluding hydrogens is 328 g/mol. The summed E-state index contributed by atoms with van der Waals surface area (Å²) in [5.74, 6) is 0.406. The molecule has 0 bridgehead atoms. The molecule has 2 heterocycles. The predicted octanol–water partition coefficient (Wildman–Crippen LogP) is 3.09. The first-order chi connectivity index (χ1) is 12.5. The van der Waals surface area contributed by atoms with Gasteiger partial charge in [-0.3, -0.25) is 14.5 Å². The van der Waals surface area contributed by atoms with E-state index in [0.29, 0.717) is 18.0 Å². The number of nitrogens with zero attached hydrogens (tertiary/aromatic N) is 2. The van der Waals surface area contributed by atoms with Crippen molar-refractivity contribution < 1.29 is 14.3 Å². The molecule has 2 aromatic rings. The standard InChI is InChI=1S/C21H22N2O3/c1-14-9-10-19-18(12-14)23(21(25)15(2)26-19)13-20(24)22-11-5-7-16-6-3-4-8-17(16)22/h3-4,6,8-10,12,15H,5,7,11,13H2,1-2H3/t15-/m1/s1. The van der Waals surface area contributed by atoms with Crippen molar-refractivity contribution in [2.45, 2.75) is 32.8 Å². The van der Waals surface area contributed by atoms with Crippen LogP contribution in [-0.4, -0.2) is 31.0 Å². The molecule has 0 unspecified atom stereocenters. The highest BCUT2D eigenvalue weighted by atomic mass is 16.5. The Kier molecular flexibility index (Phi) is 4.15.